The van der Waals surface area contributed by atoms with E-state index in [9.17, 15) is 4.79 Å². The van der Waals surface area contributed by atoms with Crippen molar-refractivity contribution in [3.63, 3.8) is 0 Å². The average Bonchev–Trinajstić information content (AvgIpc) is 3.34. The number of nitrogens with one attached hydrogen (secondary N) is 2. The molecule has 24 heavy (non-hydrogen) atoms. The summed E-state index contributed by atoms with van der Waals surface area (Å²) in [6, 6.07) is 3.66. The minimum absolute atomic E-state index is 0.0193. The van der Waals surface area contributed by atoms with Gasteiger partial charge in [0, 0.05) is 37.6 Å². The Kier molecular flexibility index (Phi) is 3.91. The number of thiazole rings is 1. The van der Waals surface area contributed by atoms with Crippen LogP contribution in [0.25, 0.3) is 11.5 Å². The van der Waals surface area contributed by atoms with Gasteiger partial charge >= 0.3 is 0 Å². The third kappa shape index (κ3) is 2.85. The van der Waals surface area contributed by atoms with Gasteiger partial charge in [0.1, 0.15) is 5.69 Å². The summed E-state index contributed by atoms with van der Waals surface area (Å²) in [4.78, 5) is 17.1. The van der Waals surface area contributed by atoms with Crippen LogP contribution in [0, 0.1) is 5.92 Å². The summed E-state index contributed by atoms with van der Waals surface area (Å²) in [6.07, 6.45) is 5.41. The Labute approximate surface area is 142 Å². The minimum atomic E-state index is -0.134. The lowest BCUT2D eigenvalue weighted by Gasteiger charge is -2.15. The summed E-state index contributed by atoms with van der Waals surface area (Å²) >= 11 is 1.40. The topological polar surface area (TPSA) is 85.0 Å². The number of nitrogens with zero attached hydrogens (tertiary/aromatic N) is 3. The molecule has 0 saturated carbocycles. The van der Waals surface area contributed by atoms with E-state index in [2.05, 4.69) is 20.7 Å². The normalized spacial score (nSPS) is 20.4. The SMILES string of the molecule is Cn1cc([C@H]2CNC[C@@H]2C(=O)Nc2nc(-c3ccco3)cs2)cn1. The molecule has 1 amide bonds. The third-order valence-electron chi connectivity index (χ3n) is 4.21. The first-order valence-electron chi connectivity index (χ1n) is 7.70. The zero-order valence-corrected chi connectivity index (χ0v) is 13.9. The van der Waals surface area contributed by atoms with E-state index < -0.39 is 0 Å². The van der Waals surface area contributed by atoms with E-state index in [-0.39, 0.29) is 17.7 Å². The maximum atomic E-state index is 12.7. The smallest absolute Gasteiger partial charge is 0.231 e. The summed E-state index contributed by atoms with van der Waals surface area (Å²) in [6.45, 7) is 1.43. The van der Waals surface area contributed by atoms with E-state index in [1.54, 1.807) is 10.9 Å². The molecule has 3 aromatic rings. The average molecular weight is 343 g/mol. The number of hydrogen-bond acceptors (Lipinski definition) is 6. The van der Waals surface area contributed by atoms with Crippen LogP contribution in [0.4, 0.5) is 5.13 Å². The lowest BCUT2D eigenvalue weighted by Crippen LogP contribution is -2.28. The molecule has 4 rings (SSSR count). The maximum absolute atomic E-state index is 12.7. The zero-order chi connectivity index (χ0) is 16.5. The first kappa shape index (κ1) is 15.1. The number of aromatic nitrogens is 3. The Morgan fingerprint density at radius 2 is 2.42 bits per heavy atom. The van der Waals surface area contributed by atoms with Crippen LogP contribution in [0.3, 0.4) is 0 Å². The van der Waals surface area contributed by atoms with Crippen LogP contribution in [0.1, 0.15) is 11.5 Å². The van der Waals surface area contributed by atoms with Crippen LogP contribution in [0.5, 0.6) is 0 Å². The van der Waals surface area contributed by atoms with Gasteiger partial charge in [-0.25, -0.2) is 4.98 Å². The standard InChI is InChI=1S/C16H17N5O2S/c1-21-8-10(5-18-21)11-6-17-7-12(11)15(22)20-16-19-13(9-24-16)14-3-2-4-23-14/h2-5,8-9,11-12,17H,6-7H2,1H3,(H,19,20,22)/t11-,12+/m1/s1. The molecule has 124 valence electrons. The Bertz CT molecular complexity index is 838. The predicted octanol–water partition coefficient (Wildman–Crippen LogP) is 2.08. The number of rotatable bonds is 4. The molecule has 1 fully saturated rings. The van der Waals surface area contributed by atoms with Crippen molar-refractivity contribution in [2.75, 3.05) is 18.4 Å². The van der Waals surface area contributed by atoms with E-state index in [4.69, 9.17) is 4.42 Å². The Hall–Kier alpha value is -2.45. The number of carbonyl (C=O) groups excluding carboxylic acids is 1. The number of amides is 1. The lowest BCUT2D eigenvalue weighted by molar-refractivity contribution is -0.119. The molecule has 1 aliphatic heterocycles. The predicted molar refractivity (Wildman–Crippen MR) is 90.8 cm³/mol. The van der Waals surface area contributed by atoms with Crippen LogP contribution in [0.15, 0.2) is 40.6 Å². The summed E-state index contributed by atoms with van der Waals surface area (Å²) in [7, 11) is 1.88. The largest absolute Gasteiger partial charge is 0.463 e. The molecule has 1 saturated heterocycles. The maximum Gasteiger partial charge on any atom is 0.231 e. The second-order valence-electron chi connectivity index (χ2n) is 5.82. The van der Waals surface area contributed by atoms with Crippen LogP contribution in [-0.2, 0) is 11.8 Å². The Balaban J connectivity index is 1.47. The van der Waals surface area contributed by atoms with Crippen LogP contribution in [0.2, 0.25) is 0 Å². The summed E-state index contributed by atoms with van der Waals surface area (Å²) in [5, 5.41) is 12.9. The fourth-order valence-electron chi connectivity index (χ4n) is 3.00. The second-order valence-corrected chi connectivity index (χ2v) is 6.68. The first-order chi connectivity index (χ1) is 11.7. The van der Waals surface area contributed by atoms with E-state index >= 15 is 0 Å². The van der Waals surface area contributed by atoms with Crippen LogP contribution < -0.4 is 10.6 Å². The molecule has 3 aromatic heterocycles. The molecule has 2 N–H and O–H groups in total. The lowest BCUT2D eigenvalue weighted by atomic mass is 9.90. The Morgan fingerprint density at radius 3 is 3.17 bits per heavy atom. The van der Waals surface area contributed by atoms with E-state index in [1.165, 1.54) is 11.3 Å². The highest BCUT2D eigenvalue weighted by Gasteiger charge is 2.35. The summed E-state index contributed by atoms with van der Waals surface area (Å²) < 4.78 is 7.09. The van der Waals surface area contributed by atoms with Crippen LogP contribution in [-0.4, -0.2) is 33.8 Å². The molecular weight excluding hydrogens is 326 g/mol. The van der Waals surface area contributed by atoms with Crippen molar-refractivity contribution in [2.24, 2.45) is 13.0 Å². The van der Waals surface area contributed by atoms with E-state index in [0.717, 1.165) is 17.8 Å². The molecule has 0 radical (unpaired) electrons. The molecule has 8 heteroatoms. The van der Waals surface area contributed by atoms with Crippen LogP contribution >= 0.6 is 11.3 Å². The number of carbonyl (C=O) groups is 1. The van der Waals surface area contributed by atoms with Gasteiger partial charge in [0.15, 0.2) is 10.9 Å². The molecule has 0 spiro atoms. The molecule has 1 aliphatic rings. The number of furan rings is 1. The van der Waals surface area contributed by atoms with Crippen molar-refractivity contribution in [1.29, 1.82) is 0 Å². The number of hydrogen-bond donors (Lipinski definition) is 2. The highest BCUT2D eigenvalue weighted by atomic mass is 32.1. The molecule has 0 unspecified atom stereocenters. The van der Waals surface area contributed by atoms with Gasteiger partial charge in [-0.05, 0) is 17.7 Å². The molecular formula is C16H17N5O2S. The van der Waals surface area contributed by atoms with Crippen molar-refractivity contribution >= 4 is 22.4 Å². The minimum Gasteiger partial charge on any atom is -0.463 e. The van der Waals surface area contributed by atoms with Gasteiger partial charge in [-0.1, -0.05) is 0 Å². The van der Waals surface area contributed by atoms with Gasteiger partial charge < -0.3 is 15.1 Å². The van der Waals surface area contributed by atoms with Gasteiger partial charge in [0.2, 0.25) is 5.91 Å². The highest BCUT2D eigenvalue weighted by molar-refractivity contribution is 7.14. The second kappa shape index (κ2) is 6.21. The molecule has 2 atom stereocenters. The van der Waals surface area contributed by atoms with Gasteiger partial charge in [-0.3, -0.25) is 9.48 Å². The Morgan fingerprint density at radius 1 is 1.50 bits per heavy atom. The quantitative estimate of drug-likeness (QED) is 0.758. The first-order valence-corrected chi connectivity index (χ1v) is 8.58. The van der Waals surface area contributed by atoms with Gasteiger partial charge in [0.05, 0.1) is 18.4 Å². The van der Waals surface area contributed by atoms with Gasteiger partial charge in [0.25, 0.3) is 0 Å². The van der Waals surface area contributed by atoms with Gasteiger partial charge in [-0.2, -0.15) is 5.10 Å². The summed E-state index contributed by atoms with van der Waals surface area (Å²) in [5.74, 6) is 0.671. The highest BCUT2D eigenvalue weighted by Crippen LogP contribution is 2.30. The van der Waals surface area contributed by atoms with Crippen molar-refractivity contribution in [3.8, 4) is 11.5 Å². The zero-order valence-electron chi connectivity index (χ0n) is 13.1. The fourth-order valence-corrected chi connectivity index (χ4v) is 3.71. The molecule has 0 aliphatic carbocycles. The van der Waals surface area contributed by atoms with Crippen molar-refractivity contribution < 1.29 is 9.21 Å². The van der Waals surface area contributed by atoms with E-state index in [1.807, 2.05) is 37.0 Å². The number of aryl methyl sites for hydroxylation is 1. The van der Waals surface area contributed by atoms with Crippen molar-refractivity contribution in [1.82, 2.24) is 20.1 Å². The molecule has 7 nitrogen and oxygen atoms in total. The van der Waals surface area contributed by atoms with Crippen molar-refractivity contribution in [2.45, 2.75) is 5.92 Å². The summed E-state index contributed by atoms with van der Waals surface area (Å²) in [5.41, 5.74) is 1.81. The fraction of sp³-hybridized carbons (Fsp3) is 0.312. The third-order valence-corrected chi connectivity index (χ3v) is 4.97. The molecule has 0 bridgehead atoms. The number of anilines is 1. The van der Waals surface area contributed by atoms with E-state index in [0.29, 0.717) is 17.4 Å². The molecule has 0 aromatic carbocycles. The monoisotopic (exact) mass is 343 g/mol. The van der Waals surface area contributed by atoms with Crippen molar-refractivity contribution in [3.05, 3.63) is 41.7 Å². The van der Waals surface area contributed by atoms with Gasteiger partial charge in [-0.15, -0.1) is 11.3 Å². The molecule has 4 heterocycles.